The minimum absolute atomic E-state index is 0.116. The Morgan fingerprint density at radius 2 is 1.97 bits per heavy atom. The lowest BCUT2D eigenvalue weighted by Crippen LogP contribution is -2.43. The van der Waals surface area contributed by atoms with Crippen molar-refractivity contribution in [3.8, 4) is 0 Å². The smallest absolute Gasteiger partial charge is 0.205 e. The predicted molar refractivity (Wildman–Crippen MR) is 145 cm³/mol. The minimum Gasteiger partial charge on any atom is -0.494 e. The van der Waals surface area contributed by atoms with Gasteiger partial charge in [-0.1, -0.05) is 24.8 Å². The van der Waals surface area contributed by atoms with E-state index >= 15 is 0 Å². The van der Waals surface area contributed by atoms with Crippen LogP contribution in [0.1, 0.15) is 47.8 Å². The summed E-state index contributed by atoms with van der Waals surface area (Å²) in [6.45, 7) is 12.4. The monoisotopic (exact) mass is 548 g/mol. The van der Waals surface area contributed by atoms with E-state index in [1.807, 2.05) is 25.3 Å². The zero-order valence-electron chi connectivity index (χ0n) is 21.4. The van der Waals surface area contributed by atoms with E-state index in [-0.39, 0.29) is 11.8 Å². The number of amidine groups is 1. The van der Waals surface area contributed by atoms with Crippen molar-refractivity contribution < 1.29 is 13.9 Å². The Balaban J connectivity index is 1.38. The maximum atomic E-state index is 14.3. The molecule has 0 saturated carbocycles. The number of aromatic nitrogens is 3. The van der Waals surface area contributed by atoms with Gasteiger partial charge in [-0.15, -0.1) is 0 Å². The Morgan fingerprint density at radius 3 is 2.67 bits per heavy atom. The van der Waals surface area contributed by atoms with Gasteiger partial charge in [0.1, 0.15) is 17.3 Å². The number of rotatable bonds is 5. The number of nitrogens with zero attached hydrogens (tertiary/aromatic N) is 6. The number of halogens is 3. The number of pyridine rings is 1. The van der Waals surface area contributed by atoms with Gasteiger partial charge in [0.25, 0.3) is 0 Å². The second-order valence-electron chi connectivity index (χ2n) is 10.0. The van der Waals surface area contributed by atoms with Crippen molar-refractivity contribution in [2.75, 3.05) is 13.1 Å². The normalized spacial score (nSPS) is 20.7. The molecule has 3 aliphatic heterocycles. The molecule has 10 heteroatoms. The average Bonchev–Trinajstić information content (AvgIpc) is 3.55. The lowest BCUT2D eigenvalue weighted by atomic mass is 9.91. The summed E-state index contributed by atoms with van der Waals surface area (Å²) >= 11 is 6.01. The quantitative estimate of drug-likeness (QED) is 0.431. The van der Waals surface area contributed by atoms with Crippen molar-refractivity contribution in [2.45, 2.75) is 38.3 Å². The molecule has 2 aromatic heterocycles. The van der Waals surface area contributed by atoms with Crippen LogP contribution in [0.2, 0.25) is 5.02 Å². The van der Waals surface area contributed by atoms with Gasteiger partial charge in [-0.3, -0.25) is 14.6 Å². The number of aryl methyl sites for hydroxylation is 1. The van der Waals surface area contributed by atoms with Gasteiger partial charge in [-0.25, -0.2) is 13.8 Å². The number of aliphatic imine (C=N–C) groups is 1. The standard InChI is InChI=1S/C29H27ClF2N6O/c1-4-37-15-20-11-25(19-9-22(31)12-23(32)10-19)38-28(27(20)35-37)34-16(2)26(29(38)39)17(3)36-8-7-18(14-36)24-6-5-21(30)13-33-24/h5-6,9-10,12-13,15,18,25,39H,2-4,7-8,11,14H2,1H3. The molecule has 1 aromatic carbocycles. The van der Waals surface area contributed by atoms with Gasteiger partial charge in [0.15, 0.2) is 5.84 Å². The first kappa shape index (κ1) is 25.3. The van der Waals surface area contributed by atoms with Crippen LogP contribution in [0.5, 0.6) is 0 Å². The van der Waals surface area contributed by atoms with E-state index in [1.54, 1.807) is 15.8 Å². The maximum absolute atomic E-state index is 14.3. The Morgan fingerprint density at radius 1 is 1.21 bits per heavy atom. The summed E-state index contributed by atoms with van der Waals surface area (Å²) in [6.07, 6.45) is 4.78. The van der Waals surface area contributed by atoms with Gasteiger partial charge in [0, 0.05) is 67.4 Å². The summed E-state index contributed by atoms with van der Waals surface area (Å²) in [7, 11) is 0. The molecule has 0 radical (unpaired) electrons. The van der Waals surface area contributed by atoms with Crippen LogP contribution in [0.15, 0.2) is 83.7 Å². The fourth-order valence-corrected chi connectivity index (χ4v) is 5.79. The molecule has 1 fully saturated rings. The van der Waals surface area contributed by atoms with Gasteiger partial charge in [-0.05, 0) is 43.2 Å². The van der Waals surface area contributed by atoms with E-state index in [9.17, 15) is 13.9 Å². The number of benzene rings is 1. The summed E-state index contributed by atoms with van der Waals surface area (Å²) in [5.74, 6) is -0.925. The highest BCUT2D eigenvalue weighted by atomic mass is 35.5. The molecule has 3 aromatic rings. The summed E-state index contributed by atoms with van der Waals surface area (Å²) in [6, 6.07) is 6.55. The number of likely N-dealkylation sites (tertiary alicyclic amines) is 1. The van der Waals surface area contributed by atoms with E-state index in [0.29, 0.717) is 65.1 Å². The van der Waals surface area contributed by atoms with Gasteiger partial charge in [0.2, 0.25) is 5.88 Å². The van der Waals surface area contributed by atoms with Crippen LogP contribution in [0.4, 0.5) is 8.78 Å². The van der Waals surface area contributed by atoms with Gasteiger partial charge in [-0.2, -0.15) is 5.10 Å². The predicted octanol–water partition coefficient (Wildman–Crippen LogP) is 5.88. The van der Waals surface area contributed by atoms with Crippen molar-refractivity contribution in [3.63, 3.8) is 0 Å². The molecule has 39 heavy (non-hydrogen) atoms. The third kappa shape index (κ3) is 4.40. The third-order valence-corrected chi connectivity index (χ3v) is 7.83. The summed E-state index contributed by atoms with van der Waals surface area (Å²) in [5.41, 5.74) is 4.13. The molecule has 0 spiro atoms. The third-order valence-electron chi connectivity index (χ3n) is 7.60. The number of hydrogen-bond donors (Lipinski definition) is 1. The average molecular weight is 549 g/mol. The molecular formula is C29H27ClF2N6O. The summed E-state index contributed by atoms with van der Waals surface area (Å²) in [5, 5.41) is 17.0. The second-order valence-corrected chi connectivity index (χ2v) is 10.4. The molecular weight excluding hydrogens is 522 g/mol. The number of aliphatic hydroxyl groups is 1. The van der Waals surface area contributed by atoms with Crippen LogP contribution < -0.4 is 0 Å². The summed E-state index contributed by atoms with van der Waals surface area (Å²) in [4.78, 5) is 12.9. The second kappa shape index (κ2) is 9.64. The lowest BCUT2D eigenvalue weighted by molar-refractivity contribution is 0.213. The van der Waals surface area contributed by atoms with Gasteiger partial charge >= 0.3 is 0 Å². The fraction of sp³-hybridized carbons (Fsp3) is 0.276. The first-order valence-electron chi connectivity index (χ1n) is 12.8. The van der Waals surface area contributed by atoms with Crippen LogP contribution in [-0.2, 0) is 13.0 Å². The first-order chi connectivity index (χ1) is 18.7. The highest BCUT2D eigenvalue weighted by Gasteiger charge is 2.42. The zero-order chi connectivity index (χ0) is 27.4. The fourth-order valence-electron chi connectivity index (χ4n) is 5.68. The Kier molecular flexibility index (Phi) is 6.26. The zero-order valence-corrected chi connectivity index (χ0v) is 22.2. The van der Waals surface area contributed by atoms with E-state index in [2.05, 4.69) is 28.1 Å². The van der Waals surface area contributed by atoms with Crippen molar-refractivity contribution in [2.24, 2.45) is 4.99 Å². The topological polar surface area (TPSA) is 69.8 Å². The molecule has 5 heterocycles. The van der Waals surface area contributed by atoms with Crippen molar-refractivity contribution >= 4 is 17.4 Å². The number of hydrogen-bond acceptors (Lipinski definition) is 6. The van der Waals surface area contributed by atoms with Crippen LogP contribution in [0.25, 0.3) is 0 Å². The molecule has 200 valence electrons. The van der Waals surface area contributed by atoms with E-state index < -0.39 is 17.7 Å². The largest absolute Gasteiger partial charge is 0.494 e. The van der Waals surface area contributed by atoms with Crippen LogP contribution in [0.3, 0.4) is 0 Å². The molecule has 2 unspecified atom stereocenters. The Labute approximate surface area is 230 Å². The Hall–Kier alpha value is -3.98. The van der Waals surface area contributed by atoms with Crippen molar-refractivity contribution in [1.82, 2.24) is 24.6 Å². The van der Waals surface area contributed by atoms with E-state index in [4.69, 9.17) is 16.6 Å². The van der Waals surface area contributed by atoms with Crippen LogP contribution in [-0.4, -0.2) is 48.6 Å². The molecule has 6 rings (SSSR count). The van der Waals surface area contributed by atoms with Gasteiger partial charge in [0.05, 0.1) is 22.3 Å². The molecule has 2 atom stereocenters. The van der Waals surface area contributed by atoms with Crippen LogP contribution in [0, 0.1) is 11.6 Å². The molecule has 0 bridgehead atoms. The maximum Gasteiger partial charge on any atom is 0.205 e. The molecule has 1 saturated heterocycles. The first-order valence-corrected chi connectivity index (χ1v) is 13.2. The number of aliphatic hydroxyl groups excluding tert-OH is 1. The molecule has 0 aliphatic carbocycles. The Bertz CT molecular complexity index is 1540. The molecule has 7 nitrogen and oxygen atoms in total. The lowest BCUT2D eigenvalue weighted by Gasteiger charge is -2.40. The molecule has 1 N–H and O–H groups in total. The molecule has 0 amide bonds. The molecule has 3 aliphatic rings. The number of fused-ring (bicyclic) bond motifs is 3. The highest BCUT2D eigenvalue weighted by Crippen LogP contribution is 2.42. The van der Waals surface area contributed by atoms with Crippen molar-refractivity contribution in [3.05, 3.63) is 118 Å². The van der Waals surface area contributed by atoms with Crippen molar-refractivity contribution in [1.29, 1.82) is 0 Å². The summed E-state index contributed by atoms with van der Waals surface area (Å²) < 4.78 is 30.4. The van der Waals surface area contributed by atoms with E-state index in [0.717, 1.165) is 23.7 Å². The van der Waals surface area contributed by atoms with Crippen LogP contribution >= 0.6 is 11.6 Å². The highest BCUT2D eigenvalue weighted by molar-refractivity contribution is 6.30. The van der Waals surface area contributed by atoms with Gasteiger partial charge < -0.3 is 10.0 Å². The van der Waals surface area contributed by atoms with E-state index in [1.165, 1.54) is 12.1 Å². The minimum atomic E-state index is -0.688. The SMILES string of the molecule is C=C1N=C2c3nn(CC)cc3CC(c3cc(F)cc(F)c3)N2C(O)=C1C(=C)N1CCC(c2ccc(Cl)cn2)C1.